The van der Waals surface area contributed by atoms with Gasteiger partial charge in [-0.3, -0.25) is 11.3 Å². The average Bonchev–Trinajstić information content (AvgIpc) is 2.44. The van der Waals surface area contributed by atoms with Crippen LogP contribution >= 0.6 is 23.2 Å². The fourth-order valence-corrected chi connectivity index (χ4v) is 2.93. The van der Waals surface area contributed by atoms with E-state index >= 15 is 0 Å². The first-order chi connectivity index (χ1) is 9.20. The first-order valence-electron chi connectivity index (χ1n) is 6.73. The summed E-state index contributed by atoms with van der Waals surface area (Å²) in [5.41, 5.74) is 3.78. The van der Waals surface area contributed by atoms with E-state index in [1.54, 1.807) is 12.1 Å². The zero-order valence-corrected chi connectivity index (χ0v) is 12.4. The van der Waals surface area contributed by atoms with Crippen LogP contribution < -0.4 is 11.3 Å². The summed E-state index contributed by atoms with van der Waals surface area (Å²) in [6, 6.07) is 5.47. The standard InChI is InChI=1S/C14H20Cl2N2O/c15-10-4-6-13(16)12(9-10)14(18-17)7-5-11-3-1-2-8-19-11/h4,6,9,11,14,18H,1-3,5,7-8,17H2. The molecule has 3 nitrogen and oxygen atoms in total. The van der Waals surface area contributed by atoms with Crippen LogP contribution in [-0.2, 0) is 4.74 Å². The maximum atomic E-state index is 6.21. The Morgan fingerprint density at radius 3 is 2.89 bits per heavy atom. The second-order valence-electron chi connectivity index (χ2n) is 4.95. The lowest BCUT2D eigenvalue weighted by atomic mass is 9.97. The quantitative estimate of drug-likeness (QED) is 0.641. The van der Waals surface area contributed by atoms with E-state index in [1.807, 2.05) is 6.07 Å². The molecule has 1 saturated heterocycles. The van der Waals surface area contributed by atoms with Gasteiger partial charge in [-0.1, -0.05) is 23.2 Å². The molecule has 1 aromatic carbocycles. The van der Waals surface area contributed by atoms with E-state index in [9.17, 15) is 0 Å². The van der Waals surface area contributed by atoms with Crippen LogP contribution in [0.2, 0.25) is 10.0 Å². The molecule has 106 valence electrons. The molecule has 1 aromatic rings. The third kappa shape index (κ3) is 4.33. The summed E-state index contributed by atoms with van der Waals surface area (Å²) in [5, 5.41) is 1.37. The number of benzene rings is 1. The molecule has 1 aliphatic rings. The maximum absolute atomic E-state index is 6.21. The van der Waals surface area contributed by atoms with E-state index in [0.717, 1.165) is 31.4 Å². The highest BCUT2D eigenvalue weighted by atomic mass is 35.5. The molecular weight excluding hydrogens is 283 g/mol. The van der Waals surface area contributed by atoms with Crippen molar-refractivity contribution in [3.63, 3.8) is 0 Å². The van der Waals surface area contributed by atoms with E-state index in [4.69, 9.17) is 33.8 Å². The summed E-state index contributed by atoms with van der Waals surface area (Å²) >= 11 is 12.2. The van der Waals surface area contributed by atoms with Gasteiger partial charge in [-0.15, -0.1) is 0 Å². The Bertz CT molecular complexity index is 408. The molecule has 1 heterocycles. The molecular formula is C14H20Cl2N2O. The van der Waals surface area contributed by atoms with Crippen molar-refractivity contribution in [3.8, 4) is 0 Å². The summed E-state index contributed by atoms with van der Waals surface area (Å²) in [5.74, 6) is 5.65. The van der Waals surface area contributed by atoms with Crippen LogP contribution in [-0.4, -0.2) is 12.7 Å². The molecule has 2 rings (SSSR count). The lowest BCUT2D eigenvalue weighted by Crippen LogP contribution is -2.30. The van der Waals surface area contributed by atoms with Gasteiger partial charge in [-0.2, -0.15) is 0 Å². The Balaban J connectivity index is 1.97. The van der Waals surface area contributed by atoms with E-state index in [0.29, 0.717) is 16.1 Å². The van der Waals surface area contributed by atoms with E-state index in [2.05, 4.69) is 5.43 Å². The van der Waals surface area contributed by atoms with Crippen LogP contribution in [0.3, 0.4) is 0 Å². The molecule has 0 bridgehead atoms. The minimum absolute atomic E-state index is 0.0109. The van der Waals surface area contributed by atoms with Crippen molar-refractivity contribution < 1.29 is 4.74 Å². The first-order valence-corrected chi connectivity index (χ1v) is 7.49. The van der Waals surface area contributed by atoms with Crippen molar-refractivity contribution >= 4 is 23.2 Å². The van der Waals surface area contributed by atoms with Crippen molar-refractivity contribution in [2.75, 3.05) is 6.61 Å². The lowest BCUT2D eigenvalue weighted by Gasteiger charge is -2.25. The van der Waals surface area contributed by atoms with Gasteiger partial charge in [0.25, 0.3) is 0 Å². The normalized spacial score (nSPS) is 21.3. The Hall–Kier alpha value is -0.320. The number of nitrogens with one attached hydrogen (secondary N) is 1. The fourth-order valence-electron chi connectivity index (χ4n) is 2.50. The minimum atomic E-state index is 0.0109. The van der Waals surface area contributed by atoms with Gasteiger partial charge in [0.05, 0.1) is 6.10 Å². The van der Waals surface area contributed by atoms with Gasteiger partial charge in [0, 0.05) is 22.7 Å². The number of ether oxygens (including phenoxy) is 1. The zero-order valence-electron chi connectivity index (χ0n) is 10.9. The molecule has 0 saturated carbocycles. The maximum Gasteiger partial charge on any atom is 0.0575 e. The van der Waals surface area contributed by atoms with E-state index in [-0.39, 0.29) is 6.04 Å². The highest BCUT2D eigenvalue weighted by molar-refractivity contribution is 6.33. The van der Waals surface area contributed by atoms with Crippen molar-refractivity contribution in [2.45, 2.75) is 44.2 Å². The van der Waals surface area contributed by atoms with Crippen LogP contribution in [0.25, 0.3) is 0 Å². The number of hydrazine groups is 1. The smallest absolute Gasteiger partial charge is 0.0575 e. The van der Waals surface area contributed by atoms with Crippen LogP contribution in [0.5, 0.6) is 0 Å². The average molecular weight is 303 g/mol. The van der Waals surface area contributed by atoms with Crippen LogP contribution in [0.1, 0.15) is 43.7 Å². The van der Waals surface area contributed by atoms with E-state index in [1.165, 1.54) is 12.8 Å². The Morgan fingerprint density at radius 2 is 2.21 bits per heavy atom. The SMILES string of the molecule is NNC(CCC1CCCCO1)c1cc(Cl)ccc1Cl. The molecule has 0 spiro atoms. The predicted molar refractivity (Wildman–Crippen MR) is 79.4 cm³/mol. The molecule has 0 aliphatic carbocycles. The predicted octanol–water partition coefficient (Wildman–Crippen LogP) is 3.85. The van der Waals surface area contributed by atoms with Gasteiger partial charge >= 0.3 is 0 Å². The second kappa shape index (κ2) is 7.46. The van der Waals surface area contributed by atoms with Gasteiger partial charge in [-0.25, -0.2) is 0 Å². The van der Waals surface area contributed by atoms with E-state index < -0.39 is 0 Å². The van der Waals surface area contributed by atoms with Crippen molar-refractivity contribution in [1.82, 2.24) is 5.43 Å². The number of hydrogen-bond donors (Lipinski definition) is 2. The van der Waals surface area contributed by atoms with Crippen molar-refractivity contribution in [2.24, 2.45) is 5.84 Å². The van der Waals surface area contributed by atoms with Gasteiger partial charge < -0.3 is 4.74 Å². The van der Waals surface area contributed by atoms with Gasteiger partial charge in [0.2, 0.25) is 0 Å². The summed E-state index contributed by atoms with van der Waals surface area (Å²) in [7, 11) is 0. The number of rotatable bonds is 5. The van der Waals surface area contributed by atoms with Crippen LogP contribution in [0.4, 0.5) is 0 Å². The molecule has 19 heavy (non-hydrogen) atoms. The Morgan fingerprint density at radius 1 is 1.37 bits per heavy atom. The molecule has 3 N–H and O–H groups in total. The minimum Gasteiger partial charge on any atom is -0.378 e. The number of nitrogens with two attached hydrogens (primary N) is 1. The Kier molecular flexibility index (Phi) is 5.92. The van der Waals surface area contributed by atoms with Gasteiger partial charge in [-0.05, 0) is 55.9 Å². The van der Waals surface area contributed by atoms with Crippen LogP contribution in [0.15, 0.2) is 18.2 Å². The third-order valence-electron chi connectivity index (χ3n) is 3.59. The summed E-state index contributed by atoms with van der Waals surface area (Å²) in [6.07, 6.45) is 5.79. The second-order valence-corrected chi connectivity index (χ2v) is 5.79. The van der Waals surface area contributed by atoms with Gasteiger partial charge in [0.15, 0.2) is 0 Å². The fraction of sp³-hybridized carbons (Fsp3) is 0.571. The molecule has 1 aliphatic heterocycles. The molecule has 0 aromatic heterocycles. The van der Waals surface area contributed by atoms with Gasteiger partial charge in [0.1, 0.15) is 0 Å². The topological polar surface area (TPSA) is 47.3 Å². The highest BCUT2D eigenvalue weighted by Gasteiger charge is 2.18. The number of hydrogen-bond acceptors (Lipinski definition) is 3. The molecule has 1 fully saturated rings. The summed E-state index contributed by atoms with van der Waals surface area (Å²) < 4.78 is 5.74. The largest absolute Gasteiger partial charge is 0.378 e. The van der Waals surface area contributed by atoms with Crippen LogP contribution in [0, 0.1) is 0 Å². The molecule has 5 heteroatoms. The lowest BCUT2D eigenvalue weighted by molar-refractivity contribution is 0.00854. The Labute approximate surface area is 124 Å². The molecule has 0 radical (unpaired) electrons. The molecule has 2 atom stereocenters. The van der Waals surface area contributed by atoms with Crippen molar-refractivity contribution in [1.29, 1.82) is 0 Å². The zero-order chi connectivity index (χ0) is 13.7. The first kappa shape index (κ1) is 15.1. The highest BCUT2D eigenvalue weighted by Crippen LogP contribution is 2.30. The van der Waals surface area contributed by atoms with Crippen molar-refractivity contribution in [3.05, 3.63) is 33.8 Å². The summed E-state index contributed by atoms with van der Waals surface area (Å²) in [4.78, 5) is 0. The third-order valence-corrected chi connectivity index (χ3v) is 4.17. The molecule has 0 amide bonds. The monoisotopic (exact) mass is 302 g/mol. The summed E-state index contributed by atoms with van der Waals surface area (Å²) in [6.45, 7) is 0.878. The molecule has 2 unspecified atom stereocenters. The number of halogens is 2.